The number of aliphatic hydroxyl groups is 1. The molecule has 0 aliphatic carbocycles. The second-order valence-electron chi connectivity index (χ2n) is 8.54. The minimum atomic E-state index is -0.945. The highest BCUT2D eigenvalue weighted by molar-refractivity contribution is 5.47. The predicted molar refractivity (Wildman–Crippen MR) is 131 cm³/mol. The molecule has 0 bridgehead atoms. The lowest BCUT2D eigenvalue weighted by Crippen LogP contribution is -2.38. The van der Waals surface area contributed by atoms with Gasteiger partial charge >= 0.3 is 5.69 Å². The van der Waals surface area contributed by atoms with Crippen LogP contribution in [-0.2, 0) is 15.1 Å². The molecule has 1 aromatic heterocycles. The Morgan fingerprint density at radius 3 is 1.86 bits per heavy atom. The van der Waals surface area contributed by atoms with Crippen molar-refractivity contribution in [2.75, 3.05) is 6.61 Å². The minimum Gasteiger partial charge on any atom is -0.390 e. The number of aromatic amines is 1. The summed E-state index contributed by atoms with van der Waals surface area (Å²) in [5.41, 5.74) is 0.821. The Morgan fingerprint density at radius 1 is 0.857 bits per heavy atom. The van der Waals surface area contributed by atoms with Gasteiger partial charge in [-0.2, -0.15) is 0 Å². The second-order valence-corrected chi connectivity index (χ2v) is 8.54. The zero-order valence-electron chi connectivity index (χ0n) is 19.0. The van der Waals surface area contributed by atoms with Crippen molar-refractivity contribution in [2.45, 2.75) is 30.5 Å². The molecule has 2 heterocycles. The molecule has 178 valence electrons. The van der Waals surface area contributed by atoms with Crippen LogP contribution in [0.25, 0.3) is 0 Å². The summed E-state index contributed by atoms with van der Waals surface area (Å²) >= 11 is 0. The number of hydrogen-bond acceptors (Lipinski definition) is 5. The van der Waals surface area contributed by atoms with Crippen LogP contribution in [0.3, 0.4) is 0 Å². The third-order valence-corrected chi connectivity index (χ3v) is 6.37. The third kappa shape index (κ3) is 4.49. The monoisotopic (exact) mass is 470 g/mol. The van der Waals surface area contributed by atoms with Gasteiger partial charge in [-0.05, 0) is 16.7 Å². The van der Waals surface area contributed by atoms with Crippen LogP contribution in [0.4, 0.5) is 0 Å². The molecule has 3 atom stereocenters. The lowest BCUT2D eigenvalue weighted by atomic mass is 9.80. The molecule has 2 N–H and O–H groups in total. The van der Waals surface area contributed by atoms with Gasteiger partial charge in [-0.15, -0.1) is 0 Å². The highest BCUT2D eigenvalue weighted by Gasteiger charge is 2.41. The van der Waals surface area contributed by atoms with Crippen molar-refractivity contribution in [3.63, 3.8) is 0 Å². The molecule has 3 aromatic carbocycles. The Labute approximate surface area is 202 Å². The SMILES string of the molecule is O=c1ccn([C@H]2CC(O)[C@@H](COC(c3ccccc3)(c3ccccc3)c3ccccc3)O2)c(=O)[nH]1. The van der Waals surface area contributed by atoms with Crippen LogP contribution >= 0.6 is 0 Å². The highest BCUT2D eigenvalue weighted by atomic mass is 16.6. The molecule has 1 aliphatic heterocycles. The van der Waals surface area contributed by atoms with Gasteiger partial charge in [-0.1, -0.05) is 91.0 Å². The summed E-state index contributed by atoms with van der Waals surface area (Å²) in [6.45, 7) is 0.0778. The first-order valence-electron chi connectivity index (χ1n) is 11.5. The molecule has 7 heteroatoms. The Morgan fingerprint density at radius 2 is 1.37 bits per heavy atom. The van der Waals surface area contributed by atoms with Gasteiger partial charge in [0.1, 0.15) is 17.9 Å². The Bertz CT molecular complexity index is 1270. The van der Waals surface area contributed by atoms with Gasteiger partial charge in [0, 0.05) is 18.7 Å². The predicted octanol–water partition coefficient (Wildman–Crippen LogP) is 3.19. The number of hydrogen-bond donors (Lipinski definition) is 2. The number of aromatic nitrogens is 2. The van der Waals surface area contributed by atoms with Gasteiger partial charge in [0.2, 0.25) is 0 Å². The fourth-order valence-electron chi connectivity index (χ4n) is 4.67. The van der Waals surface area contributed by atoms with E-state index in [-0.39, 0.29) is 13.0 Å². The number of nitrogens with one attached hydrogen (secondary N) is 1. The number of H-pyrrole nitrogens is 1. The first-order valence-corrected chi connectivity index (χ1v) is 11.5. The number of benzene rings is 3. The average Bonchev–Trinajstić information content (AvgIpc) is 3.26. The van der Waals surface area contributed by atoms with Gasteiger partial charge in [0.15, 0.2) is 0 Å². The first-order chi connectivity index (χ1) is 17.1. The van der Waals surface area contributed by atoms with Gasteiger partial charge in [0.05, 0.1) is 12.7 Å². The van der Waals surface area contributed by atoms with Crippen molar-refractivity contribution < 1.29 is 14.6 Å². The molecule has 0 amide bonds. The fourth-order valence-corrected chi connectivity index (χ4v) is 4.67. The molecule has 0 saturated carbocycles. The third-order valence-electron chi connectivity index (χ3n) is 6.37. The van der Waals surface area contributed by atoms with Crippen LogP contribution in [0.15, 0.2) is 113 Å². The number of rotatable bonds is 7. The molecule has 7 nitrogen and oxygen atoms in total. The van der Waals surface area contributed by atoms with Crippen molar-refractivity contribution in [3.05, 3.63) is 141 Å². The summed E-state index contributed by atoms with van der Waals surface area (Å²) in [6.07, 6.45) is -0.644. The van der Waals surface area contributed by atoms with Gasteiger partial charge < -0.3 is 14.6 Å². The van der Waals surface area contributed by atoms with E-state index in [0.29, 0.717) is 0 Å². The van der Waals surface area contributed by atoms with Crippen molar-refractivity contribution in [3.8, 4) is 0 Å². The topological polar surface area (TPSA) is 93.6 Å². The zero-order chi connectivity index (χ0) is 24.3. The van der Waals surface area contributed by atoms with E-state index in [1.54, 1.807) is 0 Å². The highest BCUT2D eigenvalue weighted by Crippen LogP contribution is 2.41. The van der Waals surface area contributed by atoms with Crippen LogP contribution in [0.2, 0.25) is 0 Å². The molecule has 1 fully saturated rings. The lowest BCUT2D eigenvalue weighted by molar-refractivity contribution is -0.0944. The summed E-state index contributed by atoms with van der Waals surface area (Å²) < 4.78 is 14.1. The minimum absolute atomic E-state index is 0.0778. The van der Waals surface area contributed by atoms with E-state index in [2.05, 4.69) is 4.98 Å². The summed E-state index contributed by atoms with van der Waals surface area (Å²) in [7, 11) is 0. The summed E-state index contributed by atoms with van der Waals surface area (Å²) in [5.74, 6) is 0. The van der Waals surface area contributed by atoms with Crippen LogP contribution in [0, 0.1) is 0 Å². The summed E-state index contributed by atoms with van der Waals surface area (Å²) in [4.78, 5) is 25.9. The van der Waals surface area contributed by atoms with Gasteiger partial charge in [-0.25, -0.2) is 4.79 Å². The maximum absolute atomic E-state index is 12.2. The smallest absolute Gasteiger partial charge is 0.330 e. The lowest BCUT2D eigenvalue weighted by Gasteiger charge is -2.37. The van der Waals surface area contributed by atoms with Crippen molar-refractivity contribution in [1.82, 2.24) is 9.55 Å². The van der Waals surface area contributed by atoms with Crippen LogP contribution in [0.1, 0.15) is 29.3 Å². The Hall–Kier alpha value is -3.78. The number of nitrogens with zero attached hydrogens (tertiary/aromatic N) is 1. The molecule has 35 heavy (non-hydrogen) atoms. The average molecular weight is 471 g/mol. The first kappa shape index (κ1) is 23.0. The Balaban J connectivity index is 1.50. The van der Waals surface area contributed by atoms with Crippen molar-refractivity contribution in [1.29, 1.82) is 0 Å². The van der Waals surface area contributed by atoms with E-state index < -0.39 is 35.3 Å². The molecular weight excluding hydrogens is 444 g/mol. The van der Waals surface area contributed by atoms with Crippen LogP contribution in [-0.4, -0.2) is 33.5 Å². The molecular formula is C28H26N2O5. The van der Waals surface area contributed by atoms with E-state index in [4.69, 9.17) is 9.47 Å². The quantitative estimate of drug-likeness (QED) is 0.405. The fraction of sp³-hybridized carbons (Fsp3) is 0.214. The number of ether oxygens (including phenoxy) is 2. The van der Waals surface area contributed by atoms with E-state index in [9.17, 15) is 14.7 Å². The van der Waals surface area contributed by atoms with Crippen molar-refractivity contribution in [2.24, 2.45) is 0 Å². The summed E-state index contributed by atoms with van der Waals surface area (Å²) in [5, 5.41) is 10.8. The van der Waals surface area contributed by atoms with E-state index in [1.807, 2.05) is 91.0 Å². The maximum Gasteiger partial charge on any atom is 0.330 e. The summed E-state index contributed by atoms with van der Waals surface area (Å²) in [6, 6.07) is 31.1. The molecule has 4 aromatic rings. The normalized spacial score (nSPS) is 20.1. The van der Waals surface area contributed by atoms with Gasteiger partial charge in [0.25, 0.3) is 5.56 Å². The Kier molecular flexibility index (Phi) is 6.46. The van der Waals surface area contributed by atoms with Crippen LogP contribution < -0.4 is 11.2 Å². The van der Waals surface area contributed by atoms with E-state index >= 15 is 0 Å². The largest absolute Gasteiger partial charge is 0.390 e. The second kappa shape index (κ2) is 9.84. The van der Waals surface area contributed by atoms with Crippen molar-refractivity contribution >= 4 is 0 Å². The van der Waals surface area contributed by atoms with Gasteiger partial charge in [-0.3, -0.25) is 14.3 Å². The molecule has 1 saturated heterocycles. The molecule has 1 unspecified atom stereocenters. The maximum atomic E-state index is 12.2. The zero-order valence-corrected chi connectivity index (χ0v) is 19.0. The van der Waals surface area contributed by atoms with Crippen LogP contribution in [0.5, 0.6) is 0 Å². The molecule has 5 rings (SSSR count). The molecule has 0 radical (unpaired) electrons. The van der Waals surface area contributed by atoms with E-state index in [1.165, 1.54) is 16.8 Å². The molecule has 0 spiro atoms. The number of aliphatic hydroxyl groups excluding tert-OH is 1. The molecule has 1 aliphatic rings. The standard InChI is InChI=1S/C28H26N2O5/c31-23-18-26(30-17-16-25(32)29-27(30)33)35-24(23)19-34-28(20-10-4-1-5-11-20,21-12-6-2-7-13-21)22-14-8-3-9-15-22/h1-17,23-24,26,31H,18-19H2,(H,29,32,33)/t23?,24-,26-/m1/s1. The van der Waals surface area contributed by atoms with E-state index in [0.717, 1.165) is 16.7 Å².